The van der Waals surface area contributed by atoms with Gasteiger partial charge < -0.3 is 26.2 Å². The Bertz CT molecular complexity index is 341. The number of hydrogen-bond donors (Lipinski definition) is 4. The summed E-state index contributed by atoms with van der Waals surface area (Å²) < 4.78 is 5.16. The lowest BCUT2D eigenvalue weighted by Crippen LogP contribution is -2.47. The first-order chi connectivity index (χ1) is 8.99. The molecule has 19 heavy (non-hydrogen) atoms. The lowest BCUT2D eigenvalue weighted by Gasteiger charge is -2.15. The number of urea groups is 1. The molecule has 1 aliphatic rings. The highest BCUT2D eigenvalue weighted by Crippen LogP contribution is 2.10. The molecule has 0 aromatic rings. The number of carboxylic acid groups (broad SMARTS) is 1. The monoisotopic (exact) mass is 273 g/mol. The quantitative estimate of drug-likeness (QED) is 0.474. The van der Waals surface area contributed by atoms with Crippen molar-refractivity contribution in [2.24, 2.45) is 11.7 Å². The van der Waals surface area contributed by atoms with Crippen molar-refractivity contribution in [1.29, 1.82) is 0 Å². The van der Waals surface area contributed by atoms with E-state index in [4.69, 9.17) is 15.6 Å². The molecule has 1 heterocycles. The zero-order chi connectivity index (χ0) is 14.3. The van der Waals surface area contributed by atoms with Gasteiger partial charge in [-0.05, 0) is 12.8 Å². The van der Waals surface area contributed by atoms with Crippen LogP contribution in [0.25, 0.3) is 0 Å². The van der Waals surface area contributed by atoms with Crippen LogP contribution in [0.1, 0.15) is 19.3 Å². The first-order valence-electron chi connectivity index (χ1n) is 6.12. The predicted octanol–water partition coefficient (Wildman–Crippen LogP) is -0.959. The average molecular weight is 273 g/mol. The lowest BCUT2D eigenvalue weighted by atomic mass is 10.1. The Hall–Kier alpha value is -1.83. The van der Waals surface area contributed by atoms with E-state index in [1.54, 1.807) is 0 Å². The van der Waals surface area contributed by atoms with E-state index in [9.17, 15) is 14.4 Å². The predicted molar refractivity (Wildman–Crippen MR) is 65.3 cm³/mol. The van der Waals surface area contributed by atoms with E-state index >= 15 is 0 Å². The van der Waals surface area contributed by atoms with Gasteiger partial charge in [-0.15, -0.1) is 0 Å². The van der Waals surface area contributed by atoms with Crippen molar-refractivity contribution in [2.75, 3.05) is 19.8 Å². The molecule has 1 saturated heterocycles. The molecule has 0 bridgehead atoms. The van der Waals surface area contributed by atoms with Crippen LogP contribution in [0.15, 0.2) is 0 Å². The van der Waals surface area contributed by atoms with Gasteiger partial charge in [-0.3, -0.25) is 4.79 Å². The number of primary amides is 1. The molecular formula is C11H19N3O5. The van der Waals surface area contributed by atoms with Gasteiger partial charge in [0.2, 0.25) is 5.91 Å². The highest BCUT2D eigenvalue weighted by molar-refractivity contribution is 5.83. The Morgan fingerprint density at radius 3 is 2.68 bits per heavy atom. The Labute approximate surface area is 110 Å². The highest BCUT2D eigenvalue weighted by atomic mass is 16.5. The normalized spacial score (nSPS) is 19.7. The average Bonchev–Trinajstić information content (AvgIpc) is 2.84. The minimum Gasteiger partial charge on any atom is -0.480 e. The van der Waals surface area contributed by atoms with E-state index < -0.39 is 23.9 Å². The van der Waals surface area contributed by atoms with Gasteiger partial charge in [0.1, 0.15) is 6.04 Å². The first kappa shape index (κ1) is 15.2. The van der Waals surface area contributed by atoms with Crippen molar-refractivity contribution in [3.8, 4) is 0 Å². The number of carbonyl (C=O) groups excluding carboxylic acids is 2. The number of rotatable bonds is 7. The summed E-state index contributed by atoms with van der Waals surface area (Å²) in [6.07, 6.45) is 0.767. The van der Waals surface area contributed by atoms with Crippen molar-refractivity contribution in [1.82, 2.24) is 10.6 Å². The molecule has 5 N–H and O–H groups in total. The summed E-state index contributed by atoms with van der Waals surface area (Å²) in [6, 6.07) is -1.68. The van der Waals surface area contributed by atoms with Crippen LogP contribution >= 0.6 is 0 Å². The molecule has 0 aliphatic carbocycles. The molecule has 2 atom stereocenters. The molecule has 3 amide bonds. The van der Waals surface area contributed by atoms with Gasteiger partial charge in [0.25, 0.3) is 0 Å². The van der Waals surface area contributed by atoms with Crippen molar-refractivity contribution in [3.05, 3.63) is 0 Å². The van der Waals surface area contributed by atoms with Gasteiger partial charge in [-0.1, -0.05) is 0 Å². The molecule has 1 rings (SSSR count). The third-order valence-electron chi connectivity index (χ3n) is 2.86. The number of carboxylic acids is 1. The van der Waals surface area contributed by atoms with Gasteiger partial charge in [0.05, 0.1) is 6.61 Å². The fourth-order valence-electron chi connectivity index (χ4n) is 1.73. The summed E-state index contributed by atoms with van der Waals surface area (Å²) in [4.78, 5) is 33.0. The van der Waals surface area contributed by atoms with Gasteiger partial charge >= 0.3 is 12.0 Å². The zero-order valence-corrected chi connectivity index (χ0v) is 10.6. The molecule has 8 heteroatoms. The number of aliphatic carboxylic acids is 1. The number of nitrogens with two attached hydrogens (primary N) is 1. The standard InChI is InChI=1S/C11H19N3O5/c12-9(15)2-1-8(10(16)17)14-11(18)13-5-7-3-4-19-6-7/h7-8H,1-6H2,(H2,12,15)(H,16,17)(H2,13,14,18). The topological polar surface area (TPSA) is 131 Å². The fourth-order valence-corrected chi connectivity index (χ4v) is 1.73. The van der Waals surface area contributed by atoms with Crippen molar-refractivity contribution < 1.29 is 24.2 Å². The van der Waals surface area contributed by atoms with Crippen LogP contribution in [0.5, 0.6) is 0 Å². The molecular weight excluding hydrogens is 254 g/mol. The Morgan fingerprint density at radius 2 is 2.16 bits per heavy atom. The minimum atomic E-state index is -1.19. The van der Waals surface area contributed by atoms with Crippen LogP contribution in [-0.4, -0.2) is 48.8 Å². The van der Waals surface area contributed by atoms with Gasteiger partial charge in [-0.25, -0.2) is 9.59 Å². The minimum absolute atomic E-state index is 0.0232. The molecule has 8 nitrogen and oxygen atoms in total. The summed E-state index contributed by atoms with van der Waals surface area (Å²) in [6.45, 7) is 1.72. The van der Waals surface area contributed by atoms with Crippen molar-refractivity contribution >= 4 is 17.9 Å². The Kier molecular flexibility index (Phi) is 6.07. The summed E-state index contributed by atoms with van der Waals surface area (Å²) in [5.74, 6) is -1.53. The van der Waals surface area contributed by atoms with Crippen LogP contribution in [-0.2, 0) is 14.3 Å². The molecule has 0 saturated carbocycles. The second-order valence-electron chi connectivity index (χ2n) is 4.48. The molecule has 0 aromatic heterocycles. The summed E-state index contributed by atoms with van der Waals surface area (Å²) >= 11 is 0. The zero-order valence-electron chi connectivity index (χ0n) is 10.6. The SMILES string of the molecule is NC(=O)CCC(NC(=O)NCC1CCOC1)C(=O)O. The molecule has 0 aromatic carbocycles. The summed E-state index contributed by atoms with van der Waals surface area (Å²) in [5, 5.41) is 13.8. The maximum Gasteiger partial charge on any atom is 0.326 e. The van der Waals surface area contributed by atoms with Crippen LogP contribution in [0.3, 0.4) is 0 Å². The first-order valence-corrected chi connectivity index (χ1v) is 6.12. The molecule has 0 spiro atoms. The van der Waals surface area contributed by atoms with E-state index in [0.717, 1.165) is 6.42 Å². The van der Waals surface area contributed by atoms with Gasteiger partial charge in [-0.2, -0.15) is 0 Å². The second kappa shape index (κ2) is 7.57. The van der Waals surface area contributed by atoms with Crippen molar-refractivity contribution in [3.63, 3.8) is 0 Å². The molecule has 2 unspecified atom stereocenters. The summed E-state index contributed by atoms with van der Waals surface area (Å²) in [5.41, 5.74) is 4.94. The van der Waals surface area contributed by atoms with Crippen LogP contribution in [0.2, 0.25) is 0 Å². The number of hydrogen-bond acceptors (Lipinski definition) is 4. The number of amides is 3. The molecule has 1 fully saturated rings. The van der Waals surface area contributed by atoms with Crippen LogP contribution in [0.4, 0.5) is 4.79 Å². The van der Waals surface area contributed by atoms with Gasteiger partial charge in [0, 0.05) is 25.5 Å². The highest BCUT2D eigenvalue weighted by Gasteiger charge is 2.21. The van der Waals surface area contributed by atoms with E-state index in [0.29, 0.717) is 19.8 Å². The smallest absolute Gasteiger partial charge is 0.326 e. The van der Waals surface area contributed by atoms with Gasteiger partial charge in [0.15, 0.2) is 0 Å². The molecule has 0 radical (unpaired) electrons. The van der Waals surface area contributed by atoms with E-state index in [2.05, 4.69) is 10.6 Å². The van der Waals surface area contributed by atoms with Crippen LogP contribution < -0.4 is 16.4 Å². The lowest BCUT2D eigenvalue weighted by molar-refractivity contribution is -0.139. The Balaban J connectivity index is 2.29. The third-order valence-corrected chi connectivity index (χ3v) is 2.86. The molecule has 108 valence electrons. The van der Waals surface area contributed by atoms with E-state index in [-0.39, 0.29) is 18.8 Å². The maximum atomic E-state index is 11.5. The number of ether oxygens (including phenoxy) is 1. The third kappa shape index (κ3) is 6.05. The molecule has 1 aliphatic heterocycles. The Morgan fingerprint density at radius 1 is 1.42 bits per heavy atom. The van der Waals surface area contributed by atoms with Crippen LogP contribution in [0, 0.1) is 5.92 Å². The number of carbonyl (C=O) groups is 3. The summed E-state index contributed by atoms with van der Waals surface area (Å²) in [7, 11) is 0. The second-order valence-corrected chi connectivity index (χ2v) is 4.48. The van der Waals surface area contributed by atoms with Crippen molar-refractivity contribution in [2.45, 2.75) is 25.3 Å². The van der Waals surface area contributed by atoms with E-state index in [1.807, 2.05) is 0 Å². The largest absolute Gasteiger partial charge is 0.480 e. The van der Waals surface area contributed by atoms with E-state index in [1.165, 1.54) is 0 Å². The maximum absolute atomic E-state index is 11.5. The number of nitrogens with one attached hydrogen (secondary N) is 2. The fraction of sp³-hybridized carbons (Fsp3) is 0.727.